The lowest BCUT2D eigenvalue weighted by Crippen LogP contribution is -1.90. The summed E-state index contributed by atoms with van der Waals surface area (Å²) in [7, 11) is 0. The Hall–Kier alpha value is -1.61. The minimum atomic E-state index is 0.612. The normalized spacial score (nSPS) is 12.8. The largest absolute Gasteiger partial charge is 0.305 e. The number of halogens is 1. The molecule has 1 atom stereocenters. The lowest BCUT2D eigenvalue weighted by molar-refractivity contribution is 0.734. The third kappa shape index (κ3) is 2.50. The number of imidazole rings is 1. The van der Waals surface area contributed by atoms with E-state index in [0.717, 1.165) is 21.4 Å². The number of rotatable bonds is 3. The average Bonchev–Trinajstić information content (AvgIpc) is 2.89. The number of hydrogen-bond donors (Lipinski definition) is 0. The molecule has 0 amide bonds. The highest BCUT2D eigenvalue weighted by atomic mass is 79.9. The van der Waals surface area contributed by atoms with Gasteiger partial charge in [0.05, 0.1) is 5.69 Å². The Kier molecular flexibility index (Phi) is 3.62. The van der Waals surface area contributed by atoms with Crippen molar-refractivity contribution >= 4 is 21.6 Å². The van der Waals surface area contributed by atoms with Gasteiger partial charge < -0.3 is 4.40 Å². The van der Waals surface area contributed by atoms with Gasteiger partial charge >= 0.3 is 0 Å². The first kappa shape index (κ1) is 13.4. The number of fused-ring (bicyclic) bond motifs is 1. The van der Waals surface area contributed by atoms with E-state index in [2.05, 4.69) is 65.2 Å². The van der Waals surface area contributed by atoms with Crippen LogP contribution >= 0.6 is 15.9 Å². The maximum absolute atomic E-state index is 4.66. The van der Waals surface area contributed by atoms with Gasteiger partial charge in [0.2, 0.25) is 0 Å². The van der Waals surface area contributed by atoms with Gasteiger partial charge in [-0.2, -0.15) is 0 Å². The molecule has 0 aliphatic carbocycles. The lowest BCUT2D eigenvalue weighted by Gasteiger charge is -2.08. The van der Waals surface area contributed by atoms with Gasteiger partial charge in [-0.25, -0.2) is 4.98 Å². The summed E-state index contributed by atoms with van der Waals surface area (Å²) in [5.74, 6) is 0.612. The molecule has 0 radical (unpaired) electrons. The summed E-state index contributed by atoms with van der Waals surface area (Å²) in [6.45, 7) is 4.48. The van der Waals surface area contributed by atoms with Crippen LogP contribution in [0.25, 0.3) is 16.9 Å². The fraction of sp³-hybridized carbons (Fsp3) is 0.235. The topological polar surface area (TPSA) is 17.3 Å². The summed E-state index contributed by atoms with van der Waals surface area (Å²) in [6, 6.07) is 12.8. The number of aromatic nitrogens is 2. The molecule has 2 aromatic heterocycles. The van der Waals surface area contributed by atoms with E-state index in [9.17, 15) is 0 Å². The van der Waals surface area contributed by atoms with Gasteiger partial charge in [-0.05, 0) is 46.0 Å². The molecule has 3 heteroatoms. The quantitative estimate of drug-likeness (QED) is 0.639. The molecule has 3 aromatic rings. The molecule has 2 heterocycles. The van der Waals surface area contributed by atoms with Crippen molar-refractivity contribution < 1.29 is 0 Å². The summed E-state index contributed by atoms with van der Waals surface area (Å²) in [4.78, 5) is 4.66. The van der Waals surface area contributed by atoms with Crippen LogP contribution in [0.2, 0.25) is 0 Å². The van der Waals surface area contributed by atoms with Crippen LogP contribution in [0.1, 0.15) is 31.7 Å². The summed E-state index contributed by atoms with van der Waals surface area (Å²) >= 11 is 3.48. The maximum Gasteiger partial charge on any atom is 0.137 e. The summed E-state index contributed by atoms with van der Waals surface area (Å²) in [6.07, 6.45) is 5.26. The van der Waals surface area contributed by atoms with Crippen LogP contribution < -0.4 is 0 Å². The number of nitrogens with zero attached hydrogens (tertiary/aromatic N) is 2. The van der Waals surface area contributed by atoms with Crippen molar-refractivity contribution in [2.45, 2.75) is 26.2 Å². The van der Waals surface area contributed by atoms with Crippen LogP contribution in [0.5, 0.6) is 0 Å². The smallest absolute Gasteiger partial charge is 0.137 e. The molecule has 0 aliphatic heterocycles. The minimum Gasteiger partial charge on any atom is -0.305 e. The van der Waals surface area contributed by atoms with Crippen molar-refractivity contribution in [1.29, 1.82) is 0 Å². The van der Waals surface area contributed by atoms with Crippen molar-refractivity contribution in [2.24, 2.45) is 0 Å². The molecule has 1 unspecified atom stereocenters. The van der Waals surface area contributed by atoms with Crippen molar-refractivity contribution in [2.75, 3.05) is 0 Å². The maximum atomic E-state index is 4.66. The highest BCUT2D eigenvalue weighted by Crippen LogP contribution is 2.24. The predicted octanol–water partition coefficient (Wildman–Crippen LogP) is 5.28. The first-order valence-corrected chi connectivity index (χ1v) is 7.71. The molecule has 0 N–H and O–H groups in total. The van der Waals surface area contributed by atoms with E-state index < -0.39 is 0 Å². The Morgan fingerprint density at radius 3 is 2.55 bits per heavy atom. The van der Waals surface area contributed by atoms with Crippen molar-refractivity contribution in [1.82, 2.24) is 9.38 Å². The van der Waals surface area contributed by atoms with Gasteiger partial charge in [0.15, 0.2) is 0 Å². The standard InChI is InChI=1S/C17H17BrN2/c1-3-12(2)13-4-6-14(7-5-13)16-11-20-10-15(18)8-9-17(20)19-16/h4-12H,3H2,1-2H3. The van der Waals surface area contributed by atoms with Crippen LogP contribution in [-0.4, -0.2) is 9.38 Å². The number of hydrogen-bond acceptors (Lipinski definition) is 1. The summed E-state index contributed by atoms with van der Waals surface area (Å²) in [5.41, 5.74) is 4.53. The van der Waals surface area contributed by atoms with E-state index >= 15 is 0 Å². The number of pyridine rings is 1. The first-order valence-electron chi connectivity index (χ1n) is 6.92. The monoisotopic (exact) mass is 328 g/mol. The van der Waals surface area contributed by atoms with E-state index in [0.29, 0.717) is 5.92 Å². The van der Waals surface area contributed by atoms with E-state index in [-0.39, 0.29) is 0 Å². The molecule has 0 spiro atoms. The molecule has 0 saturated heterocycles. The second kappa shape index (κ2) is 5.41. The molecular formula is C17H17BrN2. The molecular weight excluding hydrogens is 312 g/mol. The Morgan fingerprint density at radius 2 is 1.85 bits per heavy atom. The molecule has 0 fully saturated rings. The van der Waals surface area contributed by atoms with Gasteiger partial charge in [-0.3, -0.25) is 0 Å². The molecule has 3 rings (SSSR count). The predicted molar refractivity (Wildman–Crippen MR) is 87.0 cm³/mol. The zero-order valence-electron chi connectivity index (χ0n) is 11.7. The van der Waals surface area contributed by atoms with E-state index in [1.54, 1.807) is 0 Å². The van der Waals surface area contributed by atoms with E-state index in [4.69, 9.17) is 0 Å². The third-order valence-electron chi connectivity index (χ3n) is 3.80. The Morgan fingerprint density at radius 1 is 1.10 bits per heavy atom. The first-order chi connectivity index (χ1) is 9.67. The van der Waals surface area contributed by atoms with E-state index in [1.165, 1.54) is 12.0 Å². The second-order valence-corrected chi connectivity index (χ2v) is 6.09. The van der Waals surface area contributed by atoms with Crippen LogP contribution in [0.15, 0.2) is 53.3 Å². The van der Waals surface area contributed by atoms with Crippen molar-refractivity contribution in [3.63, 3.8) is 0 Å². The molecule has 0 aliphatic rings. The second-order valence-electron chi connectivity index (χ2n) is 5.17. The van der Waals surface area contributed by atoms with Crippen LogP contribution in [0, 0.1) is 0 Å². The lowest BCUT2D eigenvalue weighted by atomic mass is 9.97. The Labute approximate surface area is 127 Å². The molecule has 0 bridgehead atoms. The summed E-state index contributed by atoms with van der Waals surface area (Å²) < 4.78 is 3.10. The van der Waals surface area contributed by atoms with Crippen LogP contribution in [-0.2, 0) is 0 Å². The molecule has 2 nitrogen and oxygen atoms in total. The number of benzene rings is 1. The van der Waals surface area contributed by atoms with Gasteiger partial charge in [0.25, 0.3) is 0 Å². The van der Waals surface area contributed by atoms with Crippen molar-refractivity contribution in [3.05, 3.63) is 58.8 Å². The Bertz CT molecular complexity index is 728. The summed E-state index contributed by atoms with van der Waals surface area (Å²) in [5, 5.41) is 0. The zero-order valence-corrected chi connectivity index (χ0v) is 13.3. The van der Waals surface area contributed by atoms with Gasteiger partial charge in [0, 0.05) is 22.4 Å². The van der Waals surface area contributed by atoms with Gasteiger partial charge in [0.1, 0.15) is 5.65 Å². The molecule has 1 aromatic carbocycles. The Balaban J connectivity index is 1.98. The minimum absolute atomic E-state index is 0.612. The highest BCUT2D eigenvalue weighted by Gasteiger charge is 2.06. The van der Waals surface area contributed by atoms with Crippen LogP contribution in [0.4, 0.5) is 0 Å². The highest BCUT2D eigenvalue weighted by molar-refractivity contribution is 9.10. The molecule has 20 heavy (non-hydrogen) atoms. The average molecular weight is 329 g/mol. The molecule has 102 valence electrons. The fourth-order valence-electron chi connectivity index (χ4n) is 2.32. The third-order valence-corrected chi connectivity index (χ3v) is 4.27. The van der Waals surface area contributed by atoms with E-state index in [1.807, 2.05) is 22.7 Å². The van der Waals surface area contributed by atoms with Crippen molar-refractivity contribution in [3.8, 4) is 11.3 Å². The zero-order chi connectivity index (χ0) is 14.1. The van der Waals surface area contributed by atoms with Crippen LogP contribution in [0.3, 0.4) is 0 Å². The van der Waals surface area contributed by atoms with Gasteiger partial charge in [-0.1, -0.05) is 38.1 Å². The fourth-order valence-corrected chi connectivity index (χ4v) is 2.67. The molecule has 0 saturated carbocycles. The SMILES string of the molecule is CCC(C)c1ccc(-c2cn3cc(Br)ccc3n2)cc1. The van der Waals surface area contributed by atoms with Gasteiger partial charge in [-0.15, -0.1) is 0 Å².